The summed E-state index contributed by atoms with van der Waals surface area (Å²) < 4.78 is 5.36. The molecule has 0 aliphatic heterocycles. The topological polar surface area (TPSA) is 38.1 Å². The van der Waals surface area contributed by atoms with E-state index >= 15 is 0 Å². The van der Waals surface area contributed by atoms with Crippen molar-refractivity contribution in [2.24, 2.45) is 0 Å². The van der Waals surface area contributed by atoms with Gasteiger partial charge >= 0.3 is 0 Å². The zero-order valence-electron chi connectivity index (χ0n) is 11.4. The van der Waals surface area contributed by atoms with E-state index in [0.717, 1.165) is 17.0 Å². The monoisotopic (exact) mass is 346 g/mol. The number of hydrogen-bond acceptors (Lipinski definition) is 3. The molecule has 3 nitrogen and oxygen atoms in total. The van der Waals surface area contributed by atoms with Crippen molar-refractivity contribution in [3.8, 4) is 11.3 Å². The van der Waals surface area contributed by atoms with Crippen LogP contribution in [0, 0.1) is 0 Å². The first-order valence-electron chi connectivity index (χ1n) is 6.87. The molecular formula is C15H17Cl3N2O. The molecule has 1 N–H and O–H groups in total. The highest BCUT2D eigenvalue weighted by atomic mass is 35.5. The second-order valence-corrected chi connectivity index (χ2v) is 6.01. The standard InChI is InChI=1S/C15H16Cl2N2O.ClH/c16-10-5-6-13(14(17)7-10)15-8-12(20-19-15)9-18-11-3-1-2-4-11;/h5-8,11,18H,1-4,9H2;1H. The summed E-state index contributed by atoms with van der Waals surface area (Å²) in [6, 6.07) is 7.91. The van der Waals surface area contributed by atoms with E-state index in [-0.39, 0.29) is 12.4 Å². The third kappa shape index (κ3) is 4.13. The lowest BCUT2D eigenvalue weighted by Crippen LogP contribution is -2.24. The van der Waals surface area contributed by atoms with Crippen molar-refractivity contribution >= 4 is 35.6 Å². The molecule has 3 rings (SSSR count). The molecule has 1 aliphatic rings. The number of rotatable bonds is 4. The zero-order valence-corrected chi connectivity index (χ0v) is 13.8. The molecule has 1 saturated carbocycles. The number of hydrogen-bond donors (Lipinski definition) is 1. The van der Waals surface area contributed by atoms with Crippen molar-refractivity contribution in [3.05, 3.63) is 40.1 Å². The van der Waals surface area contributed by atoms with Gasteiger partial charge in [0.15, 0.2) is 5.76 Å². The third-order valence-corrected chi connectivity index (χ3v) is 4.23. The SMILES string of the molecule is Cl.Clc1ccc(-c2cc(CNC3CCCC3)on2)c(Cl)c1. The molecule has 2 aromatic rings. The molecule has 21 heavy (non-hydrogen) atoms. The lowest BCUT2D eigenvalue weighted by atomic mass is 10.1. The van der Waals surface area contributed by atoms with Gasteiger partial charge in [0.05, 0.1) is 11.6 Å². The van der Waals surface area contributed by atoms with Crippen molar-refractivity contribution in [3.63, 3.8) is 0 Å². The van der Waals surface area contributed by atoms with Crippen LogP contribution >= 0.6 is 35.6 Å². The minimum Gasteiger partial charge on any atom is -0.359 e. The van der Waals surface area contributed by atoms with Gasteiger partial charge in [-0.1, -0.05) is 41.2 Å². The van der Waals surface area contributed by atoms with Gasteiger partial charge in [-0.2, -0.15) is 0 Å². The van der Waals surface area contributed by atoms with Crippen LogP contribution in [0.2, 0.25) is 10.0 Å². The van der Waals surface area contributed by atoms with Crippen LogP contribution in [0.4, 0.5) is 0 Å². The van der Waals surface area contributed by atoms with Crippen molar-refractivity contribution in [2.45, 2.75) is 38.3 Å². The first-order valence-corrected chi connectivity index (χ1v) is 7.62. The van der Waals surface area contributed by atoms with Crippen molar-refractivity contribution < 1.29 is 4.52 Å². The highest BCUT2D eigenvalue weighted by Crippen LogP contribution is 2.30. The van der Waals surface area contributed by atoms with E-state index in [1.54, 1.807) is 12.1 Å². The fourth-order valence-electron chi connectivity index (χ4n) is 2.60. The van der Waals surface area contributed by atoms with E-state index in [9.17, 15) is 0 Å². The average molecular weight is 348 g/mol. The molecule has 0 amide bonds. The van der Waals surface area contributed by atoms with Crippen LogP contribution in [0.25, 0.3) is 11.3 Å². The van der Waals surface area contributed by atoms with Gasteiger partial charge in [0, 0.05) is 22.7 Å². The Bertz CT molecular complexity index is 594. The predicted molar refractivity (Wildman–Crippen MR) is 88.3 cm³/mol. The Labute approximate surface area is 140 Å². The minimum atomic E-state index is 0. The number of halogens is 3. The summed E-state index contributed by atoms with van der Waals surface area (Å²) in [5, 5.41) is 8.78. The molecule has 1 aromatic heterocycles. The van der Waals surface area contributed by atoms with Gasteiger partial charge in [-0.15, -0.1) is 12.4 Å². The van der Waals surface area contributed by atoms with E-state index < -0.39 is 0 Å². The number of nitrogens with one attached hydrogen (secondary N) is 1. The maximum atomic E-state index is 6.17. The fourth-order valence-corrected chi connectivity index (χ4v) is 3.10. The summed E-state index contributed by atoms with van der Waals surface area (Å²) in [6.07, 6.45) is 5.15. The number of aromatic nitrogens is 1. The van der Waals surface area contributed by atoms with E-state index in [1.807, 2.05) is 12.1 Å². The van der Waals surface area contributed by atoms with Gasteiger partial charge in [0.25, 0.3) is 0 Å². The predicted octanol–water partition coefficient (Wildman–Crippen LogP) is 5.10. The maximum Gasteiger partial charge on any atom is 0.151 e. The van der Waals surface area contributed by atoms with Crippen LogP contribution in [0.5, 0.6) is 0 Å². The maximum absolute atomic E-state index is 6.17. The molecular weight excluding hydrogens is 331 g/mol. The van der Waals surface area contributed by atoms with Crippen LogP contribution in [0.1, 0.15) is 31.4 Å². The van der Waals surface area contributed by atoms with Gasteiger partial charge in [0.2, 0.25) is 0 Å². The molecule has 1 fully saturated rings. The number of benzene rings is 1. The molecule has 0 unspecified atom stereocenters. The fraction of sp³-hybridized carbons (Fsp3) is 0.400. The highest BCUT2D eigenvalue weighted by Gasteiger charge is 2.15. The molecule has 114 valence electrons. The van der Waals surface area contributed by atoms with E-state index in [2.05, 4.69) is 10.5 Å². The molecule has 0 spiro atoms. The molecule has 1 aliphatic carbocycles. The van der Waals surface area contributed by atoms with E-state index in [0.29, 0.717) is 22.6 Å². The third-order valence-electron chi connectivity index (χ3n) is 3.69. The Morgan fingerprint density at radius 1 is 1.19 bits per heavy atom. The smallest absolute Gasteiger partial charge is 0.151 e. The normalized spacial score (nSPS) is 15.1. The minimum absolute atomic E-state index is 0. The highest BCUT2D eigenvalue weighted by molar-refractivity contribution is 6.36. The first-order chi connectivity index (χ1) is 9.72. The second kappa shape index (κ2) is 7.50. The summed E-state index contributed by atoms with van der Waals surface area (Å²) in [5.41, 5.74) is 1.59. The summed E-state index contributed by atoms with van der Waals surface area (Å²) in [7, 11) is 0. The molecule has 0 bridgehead atoms. The Balaban J connectivity index is 0.00000161. The second-order valence-electron chi connectivity index (χ2n) is 5.16. The summed E-state index contributed by atoms with van der Waals surface area (Å²) in [5.74, 6) is 0.831. The lowest BCUT2D eigenvalue weighted by molar-refractivity contribution is 0.364. The Morgan fingerprint density at radius 2 is 1.95 bits per heavy atom. The van der Waals surface area contributed by atoms with Gasteiger partial charge < -0.3 is 9.84 Å². The largest absolute Gasteiger partial charge is 0.359 e. The van der Waals surface area contributed by atoms with Gasteiger partial charge in [-0.3, -0.25) is 0 Å². The van der Waals surface area contributed by atoms with Crippen LogP contribution in [0.15, 0.2) is 28.8 Å². The molecule has 1 aromatic carbocycles. The lowest BCUT2D eigenvalue weighted by Gasteiger charge is -2.08. The molecule has 0 atom stereocenters. The van der Waals surface area contributed by atoms with Crippen molar-refractivity contribution in [1.29, 1.82) is 0 Å². The van der Waals surface area contributed by atoms with Gasteiger partial charge in [-0.05, 0) is 31.0 Å². The summed E-state index contributed by atoms with van der Waals surface area (Å²) in [6.45, 7) is 0.711. The zero-order chi connectivity index (χ0) is 13.9. The summed E-state index contributed by atoms with van der Waals surface area (Å²) in [4.78, 5) is 0. The van der Waals surface area contributed by atoms with Crippen molar-refractivity contribution in [1.82, 2.24) is 10.5 Å². The van der Waals surface area contributed by atoms with Gasteiger partial charge in [-0.25, -0.2) is 0 Å². The number of nitrogens with zero attached hydrogens (tertiary/aromatic N) is 1. The van der Waals surface area contributed by atoms with Crippen LogP contribution < -0.4 is 5.32 Å². The molecule has 1 heterocycles. The Kier molecular flexibility index (Phi) is 5.94. The van der Waals surface area contributed by atoms with E-state index in [4.69, 9.17) is 27.7 Å². The quantitative estimate of drug-likeness (QED) is 0.836. The molecule has 6 heteroatoms. The van der Waals surface area contributed by atoms with Gasteiger partial charge in [0.1, 0.15) is 5.69 Å². The van der Waals surface area contributed by atoms with Crippen LogP contribution in [0.3, 0.4) is 0 Å². The van der Waals surface area contributed by atoms with Crippen molar-refractivity contribution in [2.75, 3.05) is 0 Å². The first kappa shape index (κ1) is 16.6. The summed E-state index contributed by atoms with van der Waals surface area (Å²) >= 11 is 12.1. The van der Waals surface area contributed by atoms with Crippen LogP contribution in [-0.2, 0) is 6.54 Å². The Morgan fingerprint density at radius 3 is 2.67 bits per heavy atom. The Hall–Kier alpha value is -0.740. The van der Waals surface area contributed by atoms with E-state index in [1.165, 1.54) is 25.7 Å². The van der Waals surface area contributed by atoms with Crippen LogP contribution in [-0.4, -0.2) is 11.2 Å². The average Bonchev–Trinajstić information content (AvgIpc) is 3.07. The molecule has 0 radical (unpaired) electrons. The molecule has 0 saturated heterocycles.